The average molecular weight is 247 g/mol. The molecule has 2 atom stereocenters. The van der Waals surface area contributed by atoms with Crippen LogP contribution in [0.25, 0.3) is 0 Å². The molecule has 1 fully saturated rings. The Bertz CT molecular complexity index is 398. The minimum Gasteiger partial charge on any atom is -0.496 e. The van der Waals surface area contributed by atoms with Gasteiger partial charge in [-0.3, -0.25) is 0 Å². The first-order valence-corrected chi connectivity index (χ1v) is 6.99. The molecule has 0 spiro atoms. The van der Waals surface area contributed by atoms with Crippen LogP contribution < -0.4 is 10.1 Å². The molecular weight excluding hydrogens is 222 g/mol. The van der Waals surface area contributed by atoms with Crippen molar-refractivity contribution in [2.45, 2.75) is 39.7 Å². The molecule has 1 aliphatic carbocycles. The maximum Gasteiger partial charge on any atom is 0.123 e. The van der Waals surface area contributed by atoms with E-state index in [-0.39, 0.29) is 0 Å². The van der Waals surface area contributed by atoms with Crippen LogP contribution in [-0.2, 0) is 0 Å². The summed E-state index contributed by atoms with van der Waals surface area (Å²) in [5, 5.41) is 3.64. The monoisotopic (exact) mass is 247 g/mol. The first kappa shape index (κ1) is 13.4. The second kappa shape index (κ2) is 5.75. The number of hydrogen-bond donors (Lipinski definition) is 1. The Hall–Kier alpha value is -1.02. The van der Waals surface area contributed by atoms with Crippen LogP contribution in [0.3, 0.4) is 0 Å². The van der Waals surface area contributed by atoms with Crippen LogP contribution in [0.4, 0.5) is 0 Å². The van der Waals surface area contributed by atoms with Crippen LogP contribution in [0, 0.1) is 18.8 Å². The lowest BCUT2D eigenvalue weighted by molar-refractivity contribution is 0.391. The van der Waals surface area contributed by atoms with Crippen molar-refractivity contribution in [2.75, 3.05) is 13.7 Å². The Balaban J connectivity index is 1.98. The summed E-state index contributed by atoms with van der Waals surface area (Å²) in [7, 11) is 1.74. The maximum absolute atomic E-state index is 5.45. The third-order valence-corrected chi connectivity index (χ3v) is 4.02. The molecule has 0 radical (unpaired) electrons. The van der Waals surface area contributed by atoms with Crippen molar-refractivity contribution < 1.29 is 4.74 Å². The van der Waals surface area contributed by atoms with Gasteiger partial charge in [-0.25, -0.2) is 0 Å². The van der Waals surface area contributed by atoms with Crippen molar-refractivity contribution in [3.63, 3.8) is 0 Å². The first-order chi connectivity index (χ1) is 8.61. The lowest BCUT2D eigenvalue weighted by Gasteiger charge is -2.20. The second-order valence-electron chi connectivity index (χ2n) is 5.69. The van der Waals surface area contributed by atoms with Crippen molar-refractivity contribution in [3.05, 3.63) is 29.3 Å². The fourth-order valence-electron chi connectivity index (χ4n) is 2.50. The molecule has 2 unspecified atom stereocenters. The third-order valence-electron chi connectivity index (χ3n) is 4.02. The normalized spacial score (nSPS) is 18.4. The lowest BCUT2D eigenvalue weighted by atomic mass is 10.0. The molecule has 0 saturated heterocycles. The Morgan fingerprint density at radius 3 is 2.67 bits per heavy atom. The van der Waals surface area contributed by atoms with E-state index in [0.29, 0.717) is 6.04 Å². The highest BCUT2D eigenvalue weighted by Crippen LogP contribution is 2.36. The molecule has 1 N–H and O–H groups in total. The summed E-state index contributed by atoms with van der Waals surface area (Å²) >= 11 is 0. The largest absolute Gasteiger partial charge is 0.496 e. The Labute approximate surface area is 111 Å². The number of hydrogen-bond acceptors (Lipinski definition) is 2. The van der Waals surface area contributed by atoms with Gasteiger partial charge in [0.25, 0.3) is 0 Å². The molecule has 1 saturated carbocycles. The first-order valence-electron chi connectivity index (χ1n) is 6.99. The highest BCUT2D eigenvalue weighted by atomic mass is 16.5. The molecule has 0 aromatic heterocycles. The lowest BCUT2D eigenvalue weighted by Crippen LogP contribution is -2.25. The van der Waals surface area contributed by atoms with Gasteiger partial charge >= 0.3 is 0 Å². The highest BCUT2D eigenvalue weighted by molar-refractivity contribution is 5.38. The van der Waals surface area contributed by atoms with E-state index in [0.717, 1.165) is 24.1 Å². The van der Waals surface area contributed by atoms with Crippen LogP contribution in [0.1, 0.15) is 43.9 Å². The average Bonchev–Trinajstić information content (AvgIpc) is 3.19. The molecule has 2 nitrogen and oxygen atoms in total. The van der Waals surface area contributed by atoms with Gasteiger partial charge in [0, 0.05) is 11.6 Å². The van der Waals surface area contributed by atoms with Gasteiger partial charge in [-0.15, -0.1) is 0 Å². The van der Waals surface area contributed by atoms with Crippen LogP contribution in [0.2, 0.25) is 0 Å². The summed E-state index contributed by atoms with van der Waals surface area (Å²) < 4.78 is 5.45. The molecule has 100 valence electrons. The fourth-order valence-corrected chi connectivity index (χ4v) is 2.50. The topological polar surface area (TPSA) is 21.3 Å². The molecule has 0 bridgehead atoms. The predicted molar refractivity (Wildman–Crippen MR) is 76.0 cm³/mol. The van der Waals surface area contributed by atoms with E-state index in [1.54, 1.807) is 7.11 Å². The van der Waals surface area contributed by atoms with Crippen molar-refractivity contribution >= 4 is 0 Å². The van der Waals surface area contributed by atoms with Crippen LogP contribution in [0.5, 0.6) is 5.75 Å². The zero-order valence-electron chi connectivity index (χ0n) is 12.0. The number of aryl methyl sites for hydroxylation is 1. The molecule has 18 heavy (non-hydrogen) atoms. The Kier molecular flexibility index (Phi) is 4.28. The quantitative estimate of drug-likeness (QED) is 0.827. The van der Waals surface area contributed by atoms with Gasteiger partial charge in [0.1, 0.15) is 5.75 Å². The number of rotatable bonds is 6. The second-order valence-corrected chi connectivity index (χ2v) is 5.69. The number of ether oxygens (including phenoxy) is 1. The van der Waals surface area contributed by atoms with E-state index < -0.39 is 0 Å². The summed E-state index contributed by atoms with van der Waals surface area (Å²) in [5.74, 6) is 2.74. The molecule has 1 aromatic carbocycles. The highest BCUT2D eigenvalue weighted by Gasteiger charge is 2.27. The summed E-state index contributed by atoms with van der Waals surface area (Å²) in [6, 6.07) is 6.73. The van der Waals surface area contributed by atoms with Gasteiger partial charge in [-0.05, 0) is 51.1 Å². The van der Waals surface area contributed by atoms with Crippen molar-refractivity contribution in [1.29, 1.82) is 0 Å². The SMILES string of the molecule is COc1ccc(C)cc1C(C)NCC(C)C1CC1. The molecule has 0 amide bonds. The van der Waals surface area contributed by atoms with E-state index in [9.17, 15) is 0 Å². The van der Waals surface area contributed by atoms with E-state index in [2.05, 4.69) is 44.3 Å². The van der Waals surface area contributed by atoms with Crippen LogP contribution in [-0.4, -0.2) is 13.7 Å². The maximum atomic E-state index is 5.45. The number of benzene rings is 1. The van der Waals surface area contributed by atoms with Crippen LogP contribution in [0.15, 0.2) is 18.2 Å². The minimum atomic E-state index is 0.348. The molecule has 0 aliphatic heterocycles. The fraction of sp³-hybridized carbons (Fsp3) is 0.625. The van der Waals surface area contributed by atoms with Crippen molar-refractivity contribution in [3.8, 4) is 5.75 Å². The Morgan fingerprint density at radius 1 is 1.33 bits per heavy atom. The predicted octanol–water partition coefficient (Wildman–Crippen LogP) is 3.70. The summed E-state index contributed by atoms with van der Waals surface area (Å²) in [6.07, 6.45) is 2.84. The molecule has 1 aromatic rings. The zero-order chi connectivity index (χ0) is 13.1. The number of nitrogens with one attached hydrogen (secondary N) is 1. The molecular formula is C16H25NO. The zero-order valence-corrected chi connectivity index (χ0v) is 12.0. The minimum absolute atomic E-state index is 0.348. The standard InChI is InChI=1S/C16H25NO/c1-11-5-8-16(18-4)15(9-11)13(3)17-10-12(2)14-6-7-14/h5,8-9,12-14,17H,6-7,10H2,1-4H3. The van der Waals surface area contributed by atoms with E-state index in [1.807, 2.05) is 0 Å². The smallest absolute Gasteiger partial charge is 0.123 e. The summed E-state index contributed by atoms with van der Waals surface area (Å²) in [5.41, 5.74) is 2.55. The van der Waals surface area contributed by atoms with Gasteiger partial charge in [0.2, 0.25) is 0 Å². The summed E-state index contributed by atoms with van der Waals surface area (Å²) in [6.45, 7) is 7.80. The van der Waals surface area contributed by atoms with Crippen LogP contribution >= 0.6 is 0 Å². The number of methoxy groups -OCH3 is 1. The van der Waals surface area contributed by atoms with Gasteiger partial charge in [0.15, 0.2) is 0 Å². The molecule has 1 aliphatic rings. The Morgan fingerprint density at radius 2 is 2.06 bits per heavy atom. The van der Waals surface area contributed by atoms with Gasteiger partial charge in [-0.2, -0.15) is 0 Å². The van der Waals surface area contributed by atoms with Gasteiger partial charge in [-0.1, -0.05) is 24.6 Å². The van der Waals surface area contributed by atoms with Crippen molar-refractivity contribution in [2.24, 2.45) is 11.8 Å². The van der Waals surface area contributed by atoms with E-state index in [4.69, 9.17) is 4.74 Å². The van der Waals surface area contributed by atoms with E-state index in [1.165, 1.54) is 24.0 Å². The molecule has 2 rings (SSSR count). The van der Waals surface area contributed by atoms with Gasteiger partial charge < -0.3 is 10.1 Å². The van der Waals surface area contributed by atoms with Crippen molar-refractivity contribution in [1.82, 2.24) is 5.32 Å². The third kappa shape index (κ3) is 3.26. The molecule has 2 heteroatoms. The van der Waals surface area contributed by atoms with E-state index >= 15 is 0 Å². The molecule has 0 heterocycles. The summed E-state index contributed by atoms with van der Waals surface area (Å²) in [4.78, 5) is 0. The van der Waals surface area contributed by atoms with Gasteiger partial charge in [0.05, 0.1) is 7.11 Å².